The van der Waals surface area contributed by atoms with Crippen LogP contribution in [0.15, 0.2) is 24.3 Å². The van der Waals surface area contributed by atoms with Gasteiger partial charge >= 0.3 is 0 Å². The molecule has 0 amide bonds. The summed E-state index contributed by atoms with van der Waals surface area (Å²) in [6.07, 6.45) is 2.21. The first-order valence-electron chi connectivity index (χ1n) is 6.36. The van der Waals surface area contributed by atoms with Crippen LogP contribution in [-0.4, -0.2) is 33.9 Å². The first kappa shape index (κ1) is 14.1. The molecule has 5 nitrogen and oxygen atoms in total. The topological polar surface area (TPSA) is 67.4 Å². The van der Waals surface area contributed by atoms with Gasteiger partial charge in [-0.15, -0.1) is 0 Å². The Balaban J connectivity index is 2.02. The molecule has 1 saturated heterocycles. The van der Waals surface area contributed by atoms with E-state index < -0.39 is 10.0 Å². The maximum atomic E-state index is 11.2. The van der Waals surface area contributed by atoms with Crippen LogP contribution >= 0.6 is 0 Å². The number of anilines is 2. The first-order chi connectivity index (χ1) is 8.94. The van der Waals surface area contributed by atoms with Gasteiger partial charge in [-0.3, -0.25) is 4.72 Å². The lowest BCUT2D eigenvalue weighted by Gasteiger charge is -2.20. The largest absolute Gasteiger partial charge is 0.382 e. The van der Waals surface area contributed by atoms with Crippen LogP contribution in [0.2, 0.25) is 0 Å². The summed E-state index contributed by atoms with van der Waals surface area (Å²) >= 11 is 0. The van der Waals surface area contributed by atoms with Crippen molar-refractivity contribution in [3.8, 4) is 0 Å². The molecular formula is C13H20N2O3S. The predicted octanol–water partition coefficient (Wildman–Crippen LogP) is 1.89. The second kappa shape index (κ2) is 5.79. The second-order valence-electron chi connectivity index (χ2n) is 5.01. The van der Waals surface area contributed by atoms with E-state index in [4.69, 9.17) is 4.74 Å². The quantitative estimate of drug-likeness (QED) is 0.866. The van der Waals surface area contributed by atoms with Crippen LogP contribution in [0.4, 0.5) is 11.4 Å². The van der Waals surface area contributed by atoms with Crippen molar-refractivity contribution in [1.82, 2.24) is 0 Å². The molecular weight excluding hydrogens is 264 g/mol. The Morgan fingerprint density at radius 3 is 2.74 bits per heavy atom. The molecule has 1 aromatic carbocycles. The van der Waals surface area contributed by atoms with E-state index in [1.807, 2.05) is 12.1 Å². The number of benzene rings is 1. The number of ether oxygens (including phenoxy) is 1. The summed E-state index contributed by atoms with van der Waals surface area (Å²) in [4.78, 5) is 0. The Bertz CT molecular complexity index is 524. The van der Waals surface area contributed by atoms with Crippen molar-refractivity contribution in [3.63, 3.8) is 0 Å². The van der Waals surface area contributed by atoms with Crippen molar-refractivity contribution in [1.29, 1.82) is 0 Å². The minimum atomic E-state index is -3.24. The van der Waals surface area contributed by atoms with E-state index in [1.165, 1.54) is 0 Å². The molecule has 1 heterocycles. The van der Waals surface area contributed by atoms with Gasteiger partial charge in [-0.25, -0.2) is 8.42 Å². The molecule has 0 bridgehead atoms. The normalized spacial score (nSPS) is 21.1. The molecule has 0 radical (unpaired) electrons. The Hall–Kier alpha value is -1.27. The smallest absolute Gasteiger partial charge is 0.229 e. The van der Waals surface area contributed by atoms with Crippen molar-refractivity contribution < 1.29 is 13.2 Å². The van der Waals surface area contributed by atoms with E-state index in [1.54, 1.807) is 12.1 Å². The van der Waals surface area contributed by atoms with Gasteiger partial charge in [-0.05, 0) is 31.5 Å². The zero-order valence-corrected chi connectivity index (χ0v) is 12.0. The van der Waals surface area contributed by atoms with E-state index in [0.717, 1.165) is 31.6 Å². The van der Waals surface area contributed by atoms with Gasteiger partial charge in [0.2, 0.25) is 10.0 Å². The van der Waals surface area contributed by atoms with Gasteiger partial charge in [0.05, 0.1) is 18.6 Å². The van der Waals surface area contributed by atoms with Crippen LogP contribution in [0, 0.1) is 5.92 Å². The van der Waals surface area contributed by atoms with Crippen LogP contribution < -0.4 is 10.0 Å². The first-order valence-corrected chi connectivity index (χ1v) is 8.25. The van der Waals surface area contributed by atoms with Gasteiger partial charge in [0.15, 0.2) is 0 Å². The maximum absolute atomic E-state index is 11.2. The highest BCUT2D eigenvalue weighted by atomic mass is 32.2. The minimum absolute atomic E-state index is 0.302. The number of sulfonamides is 1. The third-order valence-electron chi connectivity index (χ3n) is 3.23. The Labute approximate surface area is 114 Å². The van der Waals surface area contributed by atoms with Crippen molar-refractivity contribution in [2.75, 3.05) is 29.5 Å². The fraction of sp³-hybridized carbons (Fsp3) is 0.538. The summed E-state index contributed by atoms with van der Waals surface area (Å²) in [5, 5.41) is 3.40. The molecule has 1 aromatic rings. The molecule has 0 aliphatic carbocycles. The van der Waals surface area contributed by atoms with Crippen LogP contribution in [0.25, 0.3) is 0 Å². The summed E-state index contributed by atoms with van der Waals surface area (Å²) in [7, 11) is -3.24. The molecule has 2 unspecified atom stereocenters. The van der Waals surface area contributed by atoms with Crippen LogP contribution in [0.3, 0.4) is 0 Å². The second-order valence-corrected chi connectivity index (χ2v) is 6.76. The summed E-state index contributed by atoms with van der Waals surface area (Å²) in [5.74, 6) is 0.506. The standard InChI is InChI=1S/C13H20N2O3S/c1-10(11-6-7-18-9-11)14-12-4-3-5-13(8-12)15-19(2,16)17/h3-5,8,10-11,14-15H,6-7,9H2,1-2H3. The number of hydrogen-bond donors (Lipinski definition) is 2. The lowest BCUT2D eigenvalue weighted by atomic mass is 10.0. The van der Waals surface area contributed by atoms with Gasteiger partial charge < -0.3 is 10.1 Å². The molecule has 0 saturated carbocycles. The van der Waals surface area contributed by atoms with Gasteiger partial charge in [-0.2, -0.15) is 0 Å². The third kappa shape index (κ3) is 4.40. The zero-order chi connectivity index (χ0) is 13.9. The van der Waals surface area contributed by atoms with E-state index in [-0.39, 0.29) is 0 Å². The van der Waals surface area contributed by atoms with Gasteiger partial charge in [0.1, 0.15) is 0 Å². The molecule has 2 N–H and O–H groups in total. The molecule has 19 heavy (non-hydrogen) atoms. The van der Waals surface area contributed by atoms with E-state index >= 15 is 0 Å². The molecule has 1 aliphatic heterocycles. The van der Waals surface area contributed by atoms with Crippen molar-refractivity contribution in [2.24, 2.45) is 5.92 Å². The molecule has 0 spiro atoms. The SMILES string of the molecule is CC(Nc1cccc(NS(C)(=O)=O)c1)C1CCOC1. The monoisotopic (exact) mass is 284 g/mol. The molecule has 106 valence electrons. The summed E-state index contributed by atoms with van der Waals surface area (Å²) in [5.41, 5.74) is 1.48. The maximum Gasteiger partial charge on any atom is 0.229 e. The summed E-state index contributed by atoms with van der Waals surface area (Å²) < 4.78 is 30.2. The fourth-order valence-electron chi connectivity index (χ4n) is 2.21. The van der Waals surface area contributed by atoms with E-state index in [0.29, 0.717) is 17.6 Å². The van der Waals surface area contributed by atoms with E-state index in [2.05, 4.69) is 17.0 Å². The van der Waals surface area contributed by atoms with Crippen LogP contribution in [0.1, 0.15) is 13.3 Å². The lowest BCUT2D eigenvalue weighted by molar-refractivity contribution is 0.183. The van der Waals surface area contributed by atoms with Crippen LogP contribution in [-0.2, 0) is 14.8 Å². The number of rotatable bonds is 5. The van der Waals surface area contributed by atoms with Crippen LogP contribution in [0.5, 0.6) is 0 Å². The Morgan fingerprint density at radius 2 is 2.11 bits per heavy atom. The third-order valence-corrected chi connectivity index (χ3v) is 3.84. The number of nitrogens with one attached hydrogen (secondary N) is 2. The molecule has 0 aromatic heterocycles. The van der Waals surface area contributed by atoms with Crippen molar-refractivity contribution in [3.05, 3.63) is 24.3 Å². The highest BCUT2D eigenvalue weighted by molar-refractivity contribution is 7.92. The van der Waals surface area contributed by atoms with Gasteiger partial charge in [0.25, 0.3) is 0 Å². The average molecular weight is 284 g/mol. The van der Waals surface area contributed by atoms with Gasteiger partial charge in [-0.1, -0.05) is 6.07 Å². The highest BCUT2D eigenvalue weighted by Gasteiger charge is 2.22. The molecule has 2 atom stereocenters. The van der Waals surface area contributed by atoms with Gasteiger partial charge in [0, 0.05) is 24.3 Å². The summed E-state index contributed by atoms with van der Waals surface area (Å²) in [6, 6.07) is 7.59. The summed E-state index contributed by atoms with van der Waals surface area (Å²) in [6.45, 7) is 3.73. The molecule has 6 heteroatoms. The lowest BCUT2D eigenvalue weighted by Crippen LogP contribution is -2.26. The average Bonchev–Trinajstić information content (AvgIpc) is 2.80. The fourth-order valence-corrected chi connectivity index (χ4v) is 2.77. The molecule has 1 aliphatic rings. The number of hydrogen-bond acceptors (Lipinski definition) is 4. The molecule has 1 fully saturated rings. The predicted molar refractivity (Wildman–Crippen MR) is 76.9 cm³/mol. The van der Waals surface area contributed by atoms with Crippen molar-refractivity contribution in [2.45, 2.75) is 19.4 Å². The highest BCUT2D eigenvalue weighted by Crippen LogP contribution is 2.22. The Morgan fingerprint density at radius 1 is 1.37 bits per heavy atom. The van der Waals surface area contributed by atoms with E-state index in [9.17, 15) is 8.42 Å². The molecule has 2 rings (SSSR count). The minimum Gasteiger partial charge on any atom is -0.382 e. The zero-order valence-electron chi connectivity index (χ0n) is 11.2. The Kier molecular flexibility index (Phi) is 4.31. The van der Waals surface area contributed by atoms with Crippen molar-refractivity contribution >= 4 is 21.4 Å².